The van der Waals surface area contributed by atoms with Crippen molar-refractivity contribution in [3.05, 3.63) is 71.9 Å². The third-order valence-corrected chi connectivity index (χ3v) is 5.65. The number of carbonyl (C=O) groups excluding carboxylic acids is 2. The quantitative estimate of drug-likeness (QED) is 0.583. The van der Waals surface area contributed by atoms with E-state index in [1.54, 1.807) is 11.0 Å². The maximum atomic E-state index is 13.0. The van der Waals surface area contributed by atoms with E-state index in [9.17, 15) is 9.59 Å². The van der Waals surface area contributed by atoms with Crippen molar-refractivity contribution in [2.75, 3.05) is 16.8 Å². The number of fused-ring (bicyclic) bond motifs is 2. The molecule has 0 bridgehead atoms. The van der Waals surface area contributed by atoms with E-state index in [0.29, 0.717) is 5.69 Å². The molecule has 0 atom stereocenters. The molecule has 0 spiro atoms. The highest BCUT2D eigenvalue weighted by atomic mass is 32.1. The lowest BCUT2D eigenvalue weighted by atomic mass is 10.1. The first-order valence-corrected chi connectivity index (χ1v) is 9.77. The number of imidazole rings is 1. The molecule has 28 heavy (non-hydrogen) atoms. The number of benzene rings is 2. The summed E-state index contributed by atoms with van der Waals surface area (Å²) in [6.45, 7) is 0.0301. The Labute approximate surface area is 165 Å². The molecule has 6 nitrogen and oxygen atoms in total. The molecular weight excluding hydrogens is 372 g/mol. The van der Waals surface area contributed by atoms with Gasteiger partial charge >= 0.3 is 0 Å². The lowest BCUT2D eigenvalue weighted by molar-refractivity contribution is -0.121. The van der Waals surface area contributed by atoms with Crippen LogP contribution in [0.15, 0.2) is 66.2 Å². The summed E-state index contributed by atoms with van der Waals surface area (Å²) < 4.78 is 1.96. The minimum Gasteiger partial charge on any atom is -0.323 e. The van der Waals surface area contributed by atoms with E-state index >= 15 is 0 Å². The molecule has 4 aromatic rings. The lowest BCUT2D eigenvalue weighted by Crippen LogP contribution is -2.42. The SMILES string of the molecule is O=C1CN(C(=O)Cc2csc3nc(-c4ccccc4)cn23)c2ccccc2N1. The van der Waals surface area contributed by atoms with Crippen LogP contribution in [0.3, 0.4) is 0 Å². The van der Waals surface area contributed by atoms with Gasteiger partial charge < -0.3 is 10.2 Å². The van der Waals surface area contributed by atoms with Crippen molar-refractivity contribution < 1.29 is 9.59 Å². The fourth-order valence-electron chi connectivity index (χ4n) is 3.41. The van der Waals surface area contributed by atoms with Crippen LogP contribution in [0.4, 0.5) is 11.4 Å². The van der Waals surface area contributed by atoms with E-state index in [4.69, 9.17) is 0 Å². The number of aromatic nitrogens is 2. The van der Waals surface area contributed by atoms with Crippen LogP contribution in [0.1, 0.15) is 5.69 Å². The van der Waals surface area contributed by atoms with Gasteiger partial charge in [-0.25, -0.2) is 4.98 Å². The molecule has 1 aliphatic rings. The van der Waals surface area contributed by atoms with E-state index in [1.165, 1.54) is 11.3 Å². The molecule has 1 N–H and O–H groups in total. The molecule has 5 rings (SSSR count). The third-order valence-electron chi connectivity index (χ3n) is 4.76. The van der Waals surface area contributed by atoms with Crippen molar-refractivity contribution in [1.29, 1.82) is 0 Å². The summed E-state index contributed by atoms with van der Waals surface area (Å²) in [4.78, 5) is 32.1. The van der Waals surface area contributed by atoms with Crippen LogP contribution in [0.25, 0.3) is 16.2 Å². The van der Waals surface area contributed by atoms with E-state index in [0.717, 1.165) is 27.6 Å². The number of thiazole rings is 1. The minimum atomic E-state index is -0.184. The van der Waals surface area contributed by atoms with Gasteiger partial charge in [-0.1, -0.05) is 42.5 Å². The van der Waals surface area contributed by atoms with Gasteiger partial charge in [0.2, 0.25) is 11.8 Å². The van der Waals surface area contributed by atoms with Crippen molar-refractivity contribution in [2.45, 2.75) is 6.42 Å². The highest BCUT2D eigenvalue weighted by Crippen LogP contribution is 2.30. The molecule has 2 amide bonds. The van der Waals surface area contributed by atoms with Crippen molar-refractivity contribution in [1.82, 2.24) is 9.38 Å². The largest absolute Gasteiger partial charge is 0.323 e. The number of nitrogens with zero attached hydrogens (tertiary/aromatic N) is 3. The summed E-state index contributed by atoms with van der Waals surface area (Å²) in [6.07, 6.45) is 2.16. The van der Waals surface area contributed by atoms with Crippen molar-refractivity contribution >= 4 is 39.5 Å². The maximum absolute atomic E-state index is 13.0. The minimum absolute atomic E-state index is 0.0301. The van der Waals surface area contributed by atoms with E-state index in [1.807, 2.05) is 64.5 Å². The highest BCUT2D eigenvalue weighted by Gasteiger charge is 2.27. The van der Waals surface area contributed by atoms with Crippen LogP contribution >= 0.6 is 11.3 Å². The van der Waals surface area contributed by atoms with Crippen LogP contribution < -0.4 is 10.2 Å². The lowest BCUT2D eigenvalue weighted by Gasteiger charge is -2.29. The first-order valence-electron chi connectivity index (χ1n) is 8.89. The number of anilines is 2. The monoisotopic (exact) mass is 388 g/mol. The van der Waals surface area contributed by atoms with Crippen molar-refractivity contribution in [2.24, 2.45) is 0 Å². The molecule has 3 heterocycles. The fraction of sp³-hybridized carbons (Fsp3) is 0.0952. The third kappa shape index (κ3) is 2.86. The molecule has 0 saturated heterocycles. The number of hydrogen-bond donors (Lipinski definition) is 1. The Kier molecular flexibility index (Phi) is 3.95. The Bertz CT molecular complexity index is 1200. The number of carbonyl (C=O) groups is 2. The van der Waals surface area contributed by atoms with Gasteiger partial charge in [-0.2, -0.15) is 0 Å². The molecule has 0 saturated carbocycles. The molecule has 0 aliphatic carbocycles. The molecule has 7 heteroatoms. The molecular formula is C21H16N4O2S. The molecule has 0 fully saturated rings. The van der Waals surface area contributed by atoms with Gasteiger partial charge in [0.1, 0.15) is 6.54 Å². The zero-order valence-corrected chi connectivity index (χ0v) is 15.6. The number of hydrogen-bond acceptors (Lipinski definition) is 4. The highest BCUT2D eigenvalue weighted by molar-refractivity contribution is 7.15. The zero-order chi connectivity index (χ0) is 19.1. The number of rotatable bonds is 3. The van der Waals surface area contributed by atoms with Gasteiger partial charge in [-0.05, 0) is 12.1 Å². The molecule has 1 aliphatic heterocycles. The Morgan fingerprint density at radius 2 is 1.89 bits per heavy atom. The average Bonchev–Trinajstić information content (AvgIpc) is 3.30. The predicted molar refractivity (Wildman–Crippen MR) is 110 cm³/mol. The summed E-state index contributed by atoms with van der Waals surface area (Å²) in [5, 5.41) is 4.76. The van der Waals surface area contributed by atoms with Crippen LogP contribution in [-0.4, -0.2) is 27.7 Å². The van der Waals surface area contributed by atoms with E-state index in [-0.39, 0.29) is 24.8 Å². The fourth-order valence-corrected chi connectivity index (χ4v) is 4.28. The van der Waals surface area contributed by atoms with Gasteiger partial charge in [0.15, 0.2) is 4.96 Å². The summed E-state index contributed by atoms with van der Waals surface area (Å²) >= 11 is 1.51. The van der Waals surface area contributed by atoms with Crippen LogP contribution in [0.5, 0.6) is 0 Å². The normalized spacial score (nSPS) is 13.4. The maximum Gasteiger partial charge on any atom is 0.244 e. The van der Waals surface area contributed by atoms with Gasteiger partial charge in [-0.15, -0.1) is 11.3 Å². The molecule has 0 unspecified atom stereocenters. The number of para-hydroxylation sites is 2. The standard InChI is InChI=1S/C21H16N4O2S/c26-19-12-25(18-9-5-4-8-16(18)22-19)20(27)10-15-13-28-21-23-17(11-24(15)21)14-6-2-1-3-7-14/h1-9,11,13H,10,12H2,(H,22,26). The number of nitrogens with one attached hydrogen (secondary N) is 1. The number of amides is 2. The summed E-state index contributed by atoms with van der Waals surface area (Å²) in [5.74, 6) is -0.298. The Hall–Kier alpha value is -3.45. The first kappa shape index (κ1) is 16.7. The Balaban J connectivity index is 1.45. The van der Waals surface area contributed by atoms with Gasteiger partial charge in [0, 0.05) is 22.8 Å². The van der Waals surface area contributed by atoms with E-state index < -0.39 is 0 Å². The van der Waals surface area contributed by atoms with Gasteiger partial charge in [-0.3, -0.25) is 14.0 Å². The molecule has 138 valence electrons. The molecule has 2 aromatic carbocycles. The van der Waals surface area contributed by atoms with Gasteiger partial charge in [0.05, 0.1) is 23.5 Å². The molecule has 2 aromatic heterocycles. The first-order chi connectivity index (χ1) is 13.7. The van der Waals surface area contributed by atoms with E-state index in [2.05, 4.69) is 10.3 Å². The summed E-state index contributed by atoms with van der Waals surface area (Å²) in [5.41, 5.74) is 4.18. The van der Waals surface area contributed by atoms with Crippen LogP contribution in [-0.2, 0) is 16.0 Å². The second kappa shape index (κ2) is 6.61. The Morgan fingerprint density at radius 1 is 1.11 bits per heavy atom. The Morgan fingerprint density at radius 3 is 2.75 bits per heavy atom. The smallest absolute Gasteiger partial charge is 0.244 e. The second-order valence-electron chi connectivity index (χ2n) is 6.59. The van der Waals surface area contributed by atoms with Crippen molar-refractivity contribution in [3.8, 4) is 11.3 Å². The summed E-state index contributed by atoms with van der Waals surface area (Å²) in [6, 6.07) is 17.3. The van der Waals surface area contributed by atoms with Crippen LogP contribution in [0, 0.1) is 0 Å². The zero-order valence-electron chi connectivity index (χ0n) is 14.8. The van der Waals surface area contributed by atoms with Crippen LogP contribution in [0.2, 0.25) is 0 Å². The molecule has 0 radical (unpaired) electrons. The van der Waals surface area contributed by atoms with Crippen molar-refractivity contribution in [3.63, 3.8) is 0 Å². The second-order valence-corrected chi connectivity index (χ2v) is 7.43. The van der Waals surface area contributed by atoms with Gasteiger partial charge in [0.25, 0.3) is 0 Å². The predicted octanol–water partition coefficient (Wildman–Crippen LogP) is 3.59. The average molecular weight is 388 g/mol. The topological polar surface area (TPSA) is 66.7 Å². The summed E-state index contributed by atoms with van der Waals surface area (Å²) in [7, 11) is 0.